The van der Waals surface area contributed by atoms with Crippen molar-refractivity contribution in [3.63, 3.8) is 0 Å². The van der Waals surface area contributed by atoms with E-state index >= 15 is 0 Å². The minimum Gasteiger partial charge on any atom is -0.306 e. The Kier molecular flexibility index (Phi) is 3.53. The molecule has 4 aromatic heterocycles. The van der Waals surface area contributed by atoms with Crippen LogP contribution in [0.4, 0.5) is 5.82 Å². The molecule has 1 amide bonds. The molecule has 9 nitrogen and oxygen atoms in total. The van der Waals surface area contributed by atoms with E-state index in [0.717, 1.165) is 17.5 Å². The zero-order valence-electron chi connectivity index (χ0n) is 13.8. The number of aromatic amines is 1. The van der Waals surface area contributed by atoms with Crippen molar-refractivity contribution in [2.45, 2.75) is 13.3 Å². The number of aromatic nitrogens is 7. The number of carbonyl (C=O) groups is 1. The van der Waals surface area contributed by atoms with E-state index in [1.807, 2.05) is 14.0 Å². The summed E-state index contributed by atoms with van der Waals surface area (Å²) in [6.45, 7) is 2.01. The lowest BCUT2D eigenvalue weighted by Gasteiger charge is -2.08. The molecule has 25 heavy (non-hydrogen) atoms. The van der Waals surface area contributed by atoms with Crippen LogP contribution in [0.25, 0.3) is 16.9 Å². The van der Waals surface area contributed by atoms with Crippen LogP contribution in [0.1, 0.15) is 23.0 Å². The van der Waals surface area contributed by atoms with Gasteiger partial charge in [-0.3, -0.25) is 9.89 Å². The third-order valence-corrected chi connectivity index (χ3v) is 3.94. The summed E-state index contributed by atoms with van der Waals surface area (Å²) in [7, 11) is 1.82. The number of hydrogen-bond donors (Lipinski definition) is 2. The molecule has 0 aliphatic heterocycles. The Morgan fingerprint density at radius 1 is 1.32 bits per heavy atom. The summed E-state index contributed by atoms with van der Waals surface area (Å²) in [5, 5.41) is 19.4. The van der Waals surface area contributed by atoms with Gasteiger partial charge in [0.1, 0.15) is 5.82 Å². The van der Waals surface area contributed by atoms with E-state index < -0.39 is 0 Å². The average molecular weight is 336 g/mol. The van der Waals surface area contributed by atoms with Crippen LogP contribution < -0.4 is 5.32 Å². The fraction of sp³-hybridized carbons (Fsp3) is 0.188. The maximum absolute atomic E-state index is 12.8. The van der Waals surface area contributed by atoms with Crippen LogP contribution in [0.5, 0.6) is 0 Å². The van der Waals surface area contributed by atoms with Gasteiger partial charge in [0.2, 0.25) is 0 Å². The number of hydrogen-bond acceptors (Lipinski definition) is 5. The van der Waals surface area contributed by atoms with Gasteiger partial charge in [0, 0.05) is 25.6 Å². The predicted molar refractivity (Wildman–Crippen MR) is 91.5 cm³/mol. The van der Waals surface area contributed by atoms with Gasteiger partial charge in [-0.2, -0.15) is 15.3 Å². The van der Waals surface area contributed by atoms with Crippen LogP contribution >= 0.6 is 0 Å². The molecule has 0 unspecified atom stereocenters. The summed E-state index contributed by atoms with van der Waals surface area (Å²) in [6.07, 6.45) is 5.74. The molecular weight excluding hydrogens is 320 g/mol. The molecule has 0 saturated carbocycles. The molecule has 0 bridgehead atoms. The first-order chi connectivity index (χ1) is 12.2. The summed E-state index contributed by atoms with van der Waals surface area (Å²) in [4.78, 5) is 17.1. The molecule has 0 aliphatic carbocycles. The highest BCUT2D eigenvalue weighted by Gasteiger charge is 2.20. The van der Waals surface area contributed by atoms with Crippen LogP contribution in [0, 0.1) is 0 Å². The number of aryl methyl sites for hydroxylation is 2. The molecule has 126 valence electrons. The van der Waals surface area contributed by atoms with Gasteiger partial charge >= 0.3 is 0 Å². The predicted octanol–water partition coefficient (Wildman–Crippen LogP) is 1.69. The monoisotopic (exact) mass is 336 g/mol. The van der Waals surface area contributed by atoms with E-state index in [-0.39, 0.29) is 5.91 Å². The molecule has 2 N–H and O–H groups in total. The van der Waals surface area contributed by atoms with Crippen molar-refractivity contribution in [1.82, 2.24) is 34.7 Å². The second kappa shape index (κ2) is 5.86. The van der Waals surface area contributed by atoms with E-state index in [2.05, 4.69) is 30.7 Å². The van der Waals surface area contributed by atoms with Crippen molar-refractivity contribution >= 4 is 22.8 Å². The lowest BCUT2D eigenvalue weighted by Crippen LogP contribution is -2.16. The van der Waals surface area contributed by atoms with Crippen molar-refractivity contribution in [2.75, 3.05) is 5.32 Å². The zero-order chi connectivity index (χ0) is 17.4. The minimum atomic E-state index is -0.296. The third-order valence-electron chi connectivity index (χ3n) is 3.94. The highest BCUT2D eigenvalue weighted by atomic mass is 16.1. The van der Waals surface area contributed by atoms with E-state index in [1.165, 1.54) is 0 Å². The standard InChI is InChI=1S/C16H16N8O/c1-3-11-12-13(20-21-15(12)23(2)22-11)19-16(25)10-6-4-7-17-14(10)24-9-5-8-18-24/h4-9H,3H2,1-2H3,(H2,19,20,21,25). The molecule has 0 aliphatic rings. The Hall–Kier alpha value is -3.49. The number of pyridine rings is 1. The molecule has 4 aromatic rings. The van der Waals surface area contributed by atoms with Gasteiger partial charge in [0.25, 0.3) is 5.91 Å². The highest BCUT2D eigenvalue weighted by Crippen LogP contribution is 2.25. The van der Waals surface area contributed by atoms with Gasteiger partial charge < -0.3 is 5.32 Å². The molecular formula is C16H16N8O. The topological polar surface area (TPSA) is 106 Å². The van der Waals surface area contributed by atoms with Crippen molar-refractivity contribution in [1.29, 1.82) is 0 Å². The zero-order valence-corrected chi connectivity index (χ0v) is 13.8. The number of anilines is 1. The summed E-state index contributed by atoms with van der Waals surface area (Å²) in [5.41, 5.74) is 1.99. The van der Waals surface area contributed by atoms with E-state index in [0.29, 0.717) is 22.8 Å². The fourth-order valence-corrected chi connectivity index (χ4v) is 2.79. The van der Waals surface area contributed by atoms with E-state index in [9.17, 15) is 4.79 Å². The lowest BCUT2D eigenvalue weighted by molar-refractivity contribution is 0.102. The Bertz CT molecular complexity index is 1040. The summed E-state index contributed by atoms with van der Waals surface area (Å²) < 4.78 is 3.25. The van der Waals surface area contributed by atoms with Crippen molar-refractivity contribution in [3.8, 4) is 5.82 Å². The fourth-order valence-electron chi connectivity index (χ4n) is 2.79. The number of H-pyrrole nitrogens is 1. The molecule has 0 atom stereocenters. The largest absolute Gasteiger partial charge is 0.306 e. The summed E-state index contributed by atoms with van der Waals surface area (Å²) in [5.74, 6) is 0.693. The molecule has 0 radical (unpaired) electrons. The molecule has 4 rings (SSSR count). The van der Waals surface area contributed by atoms with Gasteiger partial charge in [0.05, 0.1) is 16.6 Å². The van der Waals surface area contributed by atoms with E-state index in [4.69, 9.17) is 0 Å². The molecule has 9 heteroatoms. The lowest BCUT2D eigenvalue weighted by atomic mass is 10.2. The minimum absolute atomic E-state index is 0.296. The summed E-state index contributed by atoms with van der Waals surface area (Å²) >= 11 is 0. The summed E-state index contributed by atoms with van der Waals surface area (Å²) in [6, 6.07) is 5.20. The molecule has 0 spiro atoms. The van der Waals surface area contributed by atoms with Gasteiger partial charge in [-0.1, -0.05) is 6.92 Å². The Labute approximate surface area is 142 Å². The third kappa shape index (κ3) is 2.45. The first-order valence-corrected chi connectivity index (χ1v) is 7.85. The van der Waals surface area contributed by atoms with Crippen molar-refractivity contribution in [3.05, 3.63) is 48.0 Å². The van der Waals surface area contributed by atoms with Crippen LogP contribution in [-0.4, -0.2) is 40.6 Å². The highest BCUT2D eigenvalue weighted by molar-refractivity contribution is 6.09. The van der Waals surface area contributed by atoms with Gasteiger partial charge in [0.15, 0.2) is 11.5 Å². The number of nitrogens with one attached hydrogen (secondary N) is 2. The number of rotatable bonds is 4. The first kappa shape index (κ1) is 15.1. The molecule has 0 aromatic carbocycles. The maximum atomic E-state index is 12.8. The molecule has 0 saturated heterocycles. The quantitative estimate of drug-likeness (QED) is 0.590. The Balaban J connectivity index is 1.73. The number of fused-ring (bicyclic) bond motifs is 1. The van der Waals surface area contributed by atoms with Crippen molar-refractivity contribution < 1.29 is 4.79 Å². The van der Waals surface area contributed by atoms with Crippen LogP contribution in [0.15, 0.2) is 36.8 Å². The van der Waals surface area contributed by atoms with E-state index in [1.54, 1.807) is 46.2 Å². The number of carbonyl (C=O) groups excluding carboxylic acids is 1. The van der Waals surface area contributed by atoms with Gasteiger partial charge in [-0.15, -0.1) is 0 Å². The second-order valence-corrected chi connectivity index (χ2v) is 5.50. The Morgan fingerprint density at radius 2 is 2.20 bits per heavy atom. The number of amides is 1. The van der Waals surface area contributed by atoms with Gasteiger partial charge in [-0.25, -0.2) is 14.3 Å². The first-order valence-electron chi connectivity index (χ1n) is 7.85. The number of nitrogens with zero attached hydrogens (tertiary/aromatic N) is 6. The van der Waals surface area contributed by atoms with Crippen LogP contribution in [0.3, 0.4) is 0 Å². The average Bonchev–Trinajstić information content (AvgIpc) is 3.35. The van der Waals surface area contributed by atoms with Gasteiger partial charge in [-0.05, 0) is 24.6 Å². The SMILES string of the molecule is CCc1nn(C)c2n[nH]c(NC(=O)c3cccnc3-n3cccn3)c12. The second-order valence-electron chi connectivity index (χ2n) is 5.50. The maximum Gasteiger partial charge on any atom is 0.260 e. The molecule has 0 fully saturated rings. The Morgan fingerprint density at radius 3 is 2.96 bits per heavy atom. The molecule has 4 heterocycles. The van der Waals surface area contributed by atoms with Crippen LogP contribution in [0.2, 0.25) is 0 Å². The van der Waals surface area contributed by atoms with Crippen LogP contribution in [-0.2, 0) is 13.5 Å². The smallest absolute Gasteiger partial charge is 0.260 e. The normalized spacial score (nSPS) is 11.1. The van der Waals surface area contributed by atoms with Crippen molar-refractivity contribution in [2.24, 2.45) is 7.05 Å².